The van der Waals surface area contributed by atoms with Gasteiger partial charge in [0.2, 0.25) is 0 Å². The van der Waals surface area contributed by atoms with Crippen LogP contribution in [0.2, 0.25) is 0 Å². The molecule has 0 N–H and O–H groups in total. The van der Waals surface area contributed by atoms with Gasteiger partial charge in [0.25, 0.3) is 0 Å². The number of aldehydes is 1. The summed E-state index contributed by atoms with van der Waals surface area (Å²) < 4.78 is 2.17. The predicted molar refractivity (Wildman–Crippen MR) is 49.9 cm³/mol. The van der Waals surface area contributed by atoms with Gasteiger partial charge in [-0.05, 0) is 19.3 Å². The largest absolute Gasteiger partial charge is 0.314 e. The molecule has 14 heavy (non-hydrogen) atoms. The molecule has 0 bridgehead atoms. The second-order valence-electron chi connectivity index (χ2n) is 4.29. The van der Waals surface area contributed by atoms with E-state index in [1.807, 2.05) is 0 Å². The van der Waals surface area contributed by atoms with Crippen molar-refractivity contribution in [3.8, 4) is 0 Å². The number of aromatic nitrogens is 3. The molecule has 74 valence electrons. The van der Waals surface area contributed by atoms with Crippen LogP contribution in [0, 0.1) is 5.92 Å². The molecule has 1 aromatic rings. The van der Waals surface area contributed by atoms with Crippen molar-refractivity contribution in [2.75, 3.05) is 0 Å². The van der Waals surface area contributed by atoms with Crippen molar-refractivity contribution in [3.63, 3.8) is 0 Å². The second-order valence-corrected chi connectivity index (χ2v) is 4.29. The smallest absolute Gasteiger partial charge is 0.136 e. The highest BCUT2D eigenvalue weighted by Crippen LogP contribution is 2.40. The molecule has 0 spiro atoms. The fourth-order valence-electron chi connectivity index (χ4n) is 2.13. The number of carbonyl (C=O) groups excluding carboxylic acids is 1. The monoisotopic (exact) mass is 191 g/mol. The fourth-order valence-corrected chi connectivity index (χ4v) is 2.13. The maximum atomic E-state index is 10.7. The molecule has 1 unspecified atom stereocenters. The molecular weight excluding hydrogens is 178 g/mol. The summed E-state index contributed by atoms with van der Waals surface area (Å²) in [6, 6.07) is 0. The molecule has 0 amide bonds. The lowest BCUT2D eigenvalue weighted by Gasteiger charge is -2.19. The number of hydrogen-bond donors (Lipinski definition) is 0. The maximum Gasteiger partial charge on any atom is 0.136 e. The quantitative estimate of drug-likeness (QED) is 0.653. The Morgan fingerprint density at radius 3 is 2.86 bits per heavy atom. The van der Waals surface area contributed by atoms with E-state index in [1.165, 1.54) is 12.8 Å². The molecule has 0 saturated heterocycles. The normalized spacial score (nSPS) is 25.9. The summed E-state index contributed by atoms with van der Waals surface area (Å²) in [7, 11) is 0. The molecule has 1 aliphatic heterocycles. The number of fused-ring (bicyclic) bond motifs is 1. The van der Waals surface area contributed by atoms with E-state index in [0.717, 1.165) is 37.3 Å². The molecule has 3 rings (SSSR count). The fraction of sp³-hybridized carbons (Fsp3) is 0.700. The van der Waals surface area contributed by atoms with Gasteiger partial charge in [0, 0.05) is 24.8 Å². The summed E-state index contributed by atoms with van der Waals surface area (Å²) in [5.74, 6) is 2.99. The molecule has 1 aromatic heterocycles. The Bertz CT molecular complexity index is 367. The lowest BCUT2D eigenvalue weighted by Crippen LogP contribution is -2.22. The zero-order chi connectivity index (χ0) is 9.54. The summed E-state index contributed by atoms with van der Waals surface area (Å²) in [6.45, 7) is 0.803. The highest BCUT2D eigenvalue weighted by molar-refractivity contribution is 5.53. The zero-order valence-electron chi connectivity index (χ0n) is 8.02. The van der Waals surface area contributed by atoms with Crippen LogP contribution in [0.3, 0.4) is 0 Å². The Balaban J connectivity index is 1.95. The predicted octanol–water partition coefficient (Wildman–Crippen LogP) is 0.917. The van der Waals surface area contributed by atoms with Crippen LogP contribution < -0.4 is 0 Å². The molecule has 2 heterocycles. The van der Waals surface area contributed by atoms with Gasteiger partial charge in [-0.15, -0.1) is 10.2 Å². The van der Waals surface area contributed by atoms with Gasteiger partial charge in [0.1, 0.15) is 17.9 Å². The molecule has 4 heteroatoms. The molecule has 0 radical (unpaired) electrons. The highest BCUT2D eigenvalue weighted by Gasteiger charge is 2.32. The van der Waals surface area contributed by atoms with Gasteiger partial charge in [0.05, 0.1) is 0 Å². The van der Waals surface area contributed by atoms with E-state index in [0.29, 0.717) is 5.92 Å². The summed E-state index contributed by atoms with van der Waals surface area (Å²) in [6.07, 6.45) is 5.39. The van der Waals surface area contributed by atoms with Gasteiger partial charge in [-0.1, -0.05) is 0 Å². The molecule has 1 atom stereocenters. The lowest BCUT2D eigenvalue weighted by molar-refractivity contribution is -0.111. The molecule has 4 nitrogen and oxygen atoms in total. The van der Waals surface area contributed by atoms with Crippen molar-refractivity contribution in [1.82, 2.24) is 14.8 Å². The summed E-state index contributed by atoms with van der Waals surface area (Å²) >= 11 is 0. The zero-order valence-corrected chi connectivity index (χ0v) is 8.02. The Kier molecular flexibility index (Phi) is 1.69. The van der Waals surface area contributed by atoms with Crippen LogP contribution in [0.25, 0.3) is 0 Å². The minimum absolute atomic E-state index is 0.177. The molecular formula is C10H13N3O. The van der Waals surface area contributed by atoms with Crippen molar-refractivity contribution in [2.24, 2.45) is 5.92 Å². The van der Waals surface area contributed by atoms with Gasteiger partial charge >= 0.3 is 0 Å². The van der Waals surface area contributed by atoms with Crippen molar-refractivity contribution < 1.29 is 4.79 Å². The number of aryl methyl sites for hydroxylation is 1. The Hall–Kier alpha value is -1.19. The van der Waals surface area contributed by atoms with Crippen LogP contribution in [-0.4, -0.2) is 21.1 Å². The Morgan fingerprint density at radius 2 is 2.14 bits per heavy atom. The van der Waals surface area contributed by atoms with Gasteiger partial charge in [-0.2, -0.15) is 0 Å². The average molecular weight is 191 g/mol. The third-order valence-electron chi connectivity index (χ3n) is 3.15. The standard InChI is InChI=1S/C10H13N3O/c14-6-7-1-4-9-11-12-10(8-2-3-8)13(9)5-7/h6-8H,1-5H2. The van der Waals surface area contributed by atoms with E-state index in [2.05, 4.69) is 14.8 Å². The topological polar surface area (TPSA) is 47.8 Å². The van der Waals surface area contributed by atoms with Crippen molar-refractivity contribution >= 4 is 6.29 Å². The first-order valence-electron chi connectivity index (χ1n) is 5.25. The van der Waals surface area contributed by atoms with E-state index >= 15 is 0 Å². The lowest BCUT2D eigenvalue weighted by atomic mass is 10.0. The van der Waals surface area contributed by atoms with Crippen LogP contribution in [0.1, 0.15) is 36.8 Å². The number of carbonyl (C=O) groups is 1. The van der Waals surface area contributed by atoms with Crippen molar-refractivity contribution in [3.05, 3.63) is 11.6 Å². The van der Waals surface area contributed by atoms with E-state index in [4.69, 9.17) is 0 Å². The third-order valence-corrected chi connectivity index (χ3v) is 3.15. The first-order valence-corrected chi connectivity index (χ1v) is 5.25. The second kappa shape index (κ2) is 2.90. The molecule has 1 saturated carbocycles. The van der Waals surface area contributed by atoms with E-state index in [-0.39, 0.29) is 5.92 Å². The minimum Gasteiger partial charge on any atom is -0.314 e. The maximum absolute atomic E-state index is 10.7. The van der Waals surface area contributed by atoms with Crippen LogP contribution in [0.4, 0.5) is 0 Å². The van der Waals surface area contributed by atoms with Gasteiger partial charge in [0.15, 0.2) is 0 Å². The molecule has 1 fully saturated rings. The van der Waals surface area contributed by atoms with E-state index < -0.39 is 0 Å². The highest BCUT2D eigenvalue weighted by atomic mass is 16.1. The average Bonchev–Trinajstić information content (AvgIpc) is 2.98. The number of rotatable bonds is 2. The Morgan fingerprint density at radius 1 is 1.29 bits per heavy atom. The van der Waals surface area contributed by atoms with Gasteiger partial charge < -0.3 is 9.36 Å². The van der Waals surface area contributed by atoms with Crippen molar-refractivity contribution in [2.45, 2.75) is 38.1 Å². The molecule has 1 aliphatic carbocycles. The Labute approximate surface area is 82.3 Å². The third kappa shape index (κ3) is 1.17. The van der Waals surface area contributed by atoms with Gasteiger partial charge in [-0.25, -0.2) is 0 Å². The van der Waals surface area contributed by atoms with E-state index in [1.54, 1.807) is 0 Å². The van der Waals surface area contributed by atoms with Crippen LogP contribution in [0.5, 0.6) is 0 Å². The number of nitrogens with zero attached hydrogens (tertiary/aromatic N) is 3. The minimum atomic E-state index is 0.177. The first kappa shape index (κ1) is 8.15. The summed E-state index contributed by atoms with van der Waals surface area (Å²) in [5, 5.41) is 8.41. The van der Waals surface area contributed by atoms with Gasteiger partial charge in [-0.3, -0.25) is 0 Å². The SMILES string of the molecule is O=CC1CCc2nnc(C3CC3)n2C1. The number of hydrogen-bond acceptors (Lipinski definition) is 3. The summed E-state index contributed by atoms with van der Waals surface area (Å²) in [4.78, 5) is 10.7. The van der Waals surface area contributed by atoms with Crippen molar-refractivity contribution in [1.29, 1.82) is 0 Å². The molecule has 0 aromatic carbocycles. The van der Waals surface area contributed by atoms with Crippen LogP contribution in [-0.2, 0) is 17.8 Å². The first-order chi connectivity index (χ1) is 6.88. The molecule has 2 aliphatic rings. The van der Waals surface area contributed by atoms with E-state index in [9.17, 15) is 4.79 Å². The van der Waals surface area contributed by atoms with Crippen LogP contribution in [0.15, 0.2) is 0 Å². The summed E-state index contributed by atoms with van der Waals surface area (Å²) in [5.41, 5.74) is 0. The van der Waals surface area contributed by atoms with Crippen LogP contribution >= 0.6 is 0 Å².